The minimum atomic E-state index is -0.647. The molecule has 2 fully saturated rings. The van der Waals surface area contributed by atoms with Crippen LogP contribution in [0.15, 0.2) is 54.7 Å². The molecule has 2 aromatic carbocycles. The molecule has 252 valence electrons. The highest BCUT2D eigenvalue weighted by Crippen LogP contribution is 2.32. The molecule has 0 bridgehead atoms. The maximum absolute atomic E-state index is 14.3. The van der Waals surface area contributed by atoms with E-state index in [4.69, 9.17) is 9.47 Å². The Hall–Kier alpha value is -4.22. The Balaban J connectivity index is 1.24. The zero-order valence-electron chi connectivity index (χ0n) is 27.8. The lowest BCUT2D eigenvalue weighted by molar-refractivity contribution is 0.0487. The molecule has 47 heavy (non-hydrogen) atoms. The second-order valence-corrected chi connectivity index (χ2v) is 13.8. The number of piperazine rings is 1. The summed E-state index contributed by atoms with van der Waals surface area (Å²) in [5, 5.41) is 20.1. The number of amides is 2. The summed E-state index contributed by atoms with van der Waals surface area (Å²) in [4.78, 5) is 31.9. The van der Waals surface area contributed by atoms with Crippen molar-refractivity contribution < 1.29 is 28.6 Å². The molecule has 1 aliphatic carbocycles. The van der Waals surface area contributed by atoms with E-state index in [1.807, 2.05) is 51.1 Å². The van der Waals surface area contributed by atoms with Crippen molar-refractivity contribution in [2.45, 2.75) is 96.6 Å². The highest BCUT2D eigenvalue weighted by molar-refractivity contribution is 5.96. The number of phenolic OH excluding ortho intramolecular Hbond substituents is 1. The highest BCUT2D eigenvalue weighted by atomic mass is 19.1. The molecule has 0 unspecified atom stereocenters. The Bertz CT molecular complexity index is 1560. The van der Waals surface area contributed by atoms with Gasteiger partial charge in [0.1, 0.15) is 28.5 Å². The van der Waals surface area contributed by atoms with Gasteiger partial charge in [0.05, 0.1) is 6.20 Å². The van der Waals surface area contributed by atoms with Gasteiger partial charge in [-0.25, -0.2) is 14.2 Å². The first-order chi connectivity index (χ1) is 22.3. The summed E-state index contributed by atoms with van der Waals surface area (Å²) in [7, 11) is 0. The number of nitrogens with zero attached hydrogens (tertiary/aromatic N) is 2. The Morgan fingerprint density at radius 2 is 1.64 bits per heavy atom. The minimum absolute atomic E-state index is 0.00388. The highest BCUT2D eigenvalue weighted by Gasteiger charge is 2.27. The van der Waals surface area contributed by atoms with Crippen molar-refractivity contribution in [2.24, 2.45) is 0 Å². The molecule has 1 aromatic heterocycles. The number of carbonyl (C=O) groups excluding carboxylic acids is 2. The molecule has 2 atom stereocenters. The van der Waals surface area contributed by atoms with Crippen molar-refractivity contribution in [3.8, 4) is 28.5 Å². The van der Waals surface area contributed by atoms with Crippen molar-refractivity contribution in [1.29, 1.82) is 0 Å². The number of benzene rings is 2. The van der Waals surface area contributed by atoms with Gasteiger partial charge in [-0.3, -0.25) is 9.69 Å². The number of rotatable bonds is 8. The topological polar surface area (TPSA) is 125 Å². The first-order valence-corrected chi connectivity index (χ1v) is 16.4. The summed E-state index contributed by atoms with van der Waals surface area (Å²) in [6, 6.07) is 14.6. The zero-order chi connectivity index (χ0) is 33.7. The number of aromatic hydroxyl groups is 1. The van der Waals surface area contributed by atoms with Gasteiger partial charge in [-0.15, -0.1) is 0 Å². The third-order valence-electron chi connectivity index (χ3n) is 8.33. The Morgan fingerprint density at radius 3 is 2.32 bits per heavy atom. The van der Waals surface area contributed by atoms with Crippen LogP contribution in [0, 0.1) is 5.82 Å². The molecule has 10 nitrogen and oxygen atoms in total. The van der Waals surface area contributed by atoms with Gasteiger partial charge in [0.25, 0.3) is 5.91 Å². The third kappa shape index (κ3) is 9.65. The zero-order valence-corrected chi connectivity index (χ0v) is 27.8. The van der Waals surface area contributed by atoms with E-state index in [-0.39, 0.29) is 29.3 Å². The van der Waals surface area contributed by atoms with Crippen LogP contribution in [-0.2, 0) is 11.3 Å². The molecule has 0 radical (unpaired) electrons. The molecule has 1 saturated carbocycles. The van der Waals surface area contributed by atoms with Crippen molar-refractivity contribution in [3.63, 3.8) is 0 Å². The van der Waals surface area contributed by atoms with Gasteiger partial charge in [-0.05, 0) is 102 Å². The van der Waals surface area contributed by atoms with Crippen LogP contribution in [0.4, 0.5) is 9.18 Å². The third-order valence-corrected chi connectivity index (χ3v) is 8.33. The van der Waals surface area contributed by atoms with Crippen LogP contribution in [-0.4, -0.2) is 69.8 Å². The van der Waals surface area contributed by atoms with E-state index in [1.54, 1.807) is 12.1 Å². The number of alkyl carbamates (subject to hydrolysis) is 1. The molecule has 0 spiro atoms. The van der Waals surface area contributed by atoms with E-state index in [9.17, 15) is 19.1 Å². The summed E-state index contributed by atoms with van der Waals surface area (Å²) in [6.07, 6.45) is 3.21. The first-order valence-electron chi connectivity index (χ1n) is 16.4. The average Bonchev–Trinajstić information content (AvgIpc) is 2.99. The van der Waals surface area contributed by atoms with Gasteiger partial charge in [-0.1, -0.05) is 18.2 Å². The molecule has 4 N–H and O–H groups in total. The summed E-state index contributed by atoms with van der Waals surface area (Å²) in [5.74, 6) is -0.449. The van der Waals surface area contributed by atoms with Crippen LogP contribution >= 0.6 is 0 Å². The lowest BCUT2D eigenvalue weighted by atomic mass is 9.91. The van der Waals surface area contributed by atoms with Crippen molar-refractivity contribution >= 4 is 12.0 Å². The van der Waals surface area contributed by atoms with E-state index >= 15 is 0 Å². The molecule has 2 heterocycles. The fourth-order valence-corrected chi connectivity index (χ4v) is 6.34. The number of carbonyl (C=O) groups is 2. The Kier molecular flexibility index (Phi) is 10.7. The predicted molar refractivity (Wildman–Crippen MR) is 178 cm³/mol. The average molecular weight is 648 g/mol. The number of hydrogen-bond acceptors (Lipinski definition) is 8. The number of hydrogen-bond donors (Lipinski definition) is 4. The first kappa shape index (κ1) is 34.1. The fraction of sp³-hybridized carbons (Fsp3) is 0.472. The summed E-state index contributed by atoms with van der Waals surface area (Å²) in [6.45, 7) is 12.2. The van der Waals surface area contributed by atoms with Crippen LogP contribution in [0.5, 0.6) is 17.4 Å². The second kappa shape index (κ2) is 14.7. The summed E-state index contributed by atoms with van der Waals surface area (Å²) in [5.41, 5.74) is 2.02. The molecule has 5 rings (SSSR count). The molecule has 3 aromatic rings. The maximum atomic E-state index is 14.3. The predicted octanol–water partition coefficient (Wildman–Crippen LogP) is 6.13. The number of nitrogens with one attached hydrogen (secondary N) is 3. The van der Waals surface area contributed by atoms with Gasteiger partial charge in [0.15, 0.2) is 0 Å². The number of aromatic nitrogens is 1. The van der Waals surface area contributed by atoms with E-state index in [2.05, 4.69) is 39.7 Å². The summed E-state index contributed by atoms with van der Waals surface area (Å²) >= 11 is 0. The molecule has 2 aliphatic rings. The van der Waals surface area contributed by atoms with Crippen molar-refractivity contribution in [2.75, 3.05) is 13.1 Å². The van der Waals surface area contributed by atoms with Crippen molar-refractivity contribution in [1.82, 2.24) is 25.8 Å². The van der Waals surface area contributed by atoms with Crippen LogP contribution in [0.3, 0.4) is 0 Å². The summed E-state index contributed by atoms with van der Waals surface area (Å²) < 4.78 is 25.7. The molecular weight excluding hydrogens is 601 g/mol. The minimum Gasteiger partial charge on any atom is -0.508 e. The maximum Gasteiger partial charge on any atom is 0.407 e. The number of ether oxygens (including phenoxy) is 2. The van der Waals surface area contributed by atoms with Crippen LogP contribution in [0.1, 0.15) is 76.2 Å². The fourth-order valence-electron chi connectivity index (χ4n) is 6.34. The van der Waals surface area contributed by atoms with Crippen LogP contribution < -0.4 is 20.7 Å². The monoisotopic (exact) mass is 647 g/mol. The van der Waals surface area contributed by atoms with Crippen molar-refractivity contribution in [3.05, 3.63) is 71.7 Å². The van der Waals surface area contributed by atoms with Crippen LogP contribution in [0.2, 0.25) is 0 Å². The van der Waals surface area contributed by atoms with Gasteiger partial charge in [-0.2, -0.15) is 0 Å². The number of phenols is 1. The van der Waals surface area contributed by atoms with E-state index in [0.29, 0.717) is 50.1 Å². The number of halogens is 1. The van der Waals surface area contributed by atoms with Crippen LogP contribution in [0.25, 0.3) is 11.1 Å². The van der Waals surface area contributed by atoms with Gasteiger partial charge in [0.2, 0.25) is 5.88 Å². The largest absolute Gasteiger partial charge is 0.508 e. The SMILES string of the molecule is C[C@@H]1CN(Cc2cc(-c3cccc(Oc4ncc(F)cc4C(=O)NC4CCC(NC(=O)OC(C)(C)C)CC4)c3)ccc2O)C[C@H](C)N1. The Labute approximate surface area is 276 Å². The normalized spacial score (nSPS) is 21.9. The smallest absolute Gasteiger partial charge is 0.407 e. The second-order valence-electron chi connectivity index (χ2n) is 13.8. The number of pyridine rings is 1. The Morgan fingerprint density at radius 1 is 0.979 bits per heavy atom. The molecule has 2 amide bonds. The quantitative estimate of drug-likeness (QED) is 0.230. The molecule has 1 aliphatic heterocycles. The lowest BCUT2D eigenvalue weighted by Crippen LogP contribution is -2.53. The molecular formula is C36H46FN5O5. The lowest BCUT2D eigenvalue weighted by Gasteiger charge is -2.36. The van der Waals surface area contributed by atoms with Gasteiger partial charge < -0.3 is 30.5 Å². The standard InChI is InChI=1S/C36H46FN5O5/c1-22-19-42(20-23(2)39-22)21-26-15-25(9-14-32(26)43)24-7-6-8-30(16-24)46-34-31(17-27(37)18-38-34)33(44)40-28-10-12-29(13-11-28)41-35(45)47-36(3,4)5/h6-9,14-18,22-23,28-29,39,43H,10-13,19-21H2,1-5H3,(H,40,44)(H,41,45)/t22-,23+,28?,29?. The molecule has 1 saturated heterocycles. The van der Waals surface area contributed by atoms with Gasteiger partial charge >= 0.3 is 6.09 Å². The van der Waals surface area contributed by atoms with E-state index in [1.165, 1.54) is 0 Å². The van der Waals surface area contributed by atoms with E-state index in [0.717, 1.165) is 42.0 Å². The molecule has 11 heteroatoms. The van der Waals surface area contributed by atoms with E-state index < -0.39 is 23.4 Å². The van der Waals surface area contributed by atoms with Gasteiger partial charge in [0, 0.05) is 49.4 Å².